The highest BCUT2D eigenvalue weighted by Crippen LogP contribution is 2.23. The summed E-state index contributed by atoms with van der Waals surface area (Å²) >= 11 is 0. The summed E-state index contributed by atoms with van der Waals surface area (Å²) in [6, 6.07) is 0. The first kappa shape index (κ1) is 12.2. The molecule has 0 bridgehead atoms. The van der Waals surface area contributed by atoms with Crippen LogP contribution in [0.3, 0.4) is 0 Å². The van der Waals surface area contributed by atoms with Crippen molar-refractivity contribution in [1.82, 2.24) is 14.7 Å². The van der Waals surface area contributed by atoms with Gasteiger partial charge in [-0.3, -0.25) is 9.58 Å². The Morgan fingerprint density at radius 1 is 1.18 bits per heavy atom. The molecule has 0 spiro atoms. The highest BCUT2D eigenvalue weighted by Gasteiger charge is 2.27. The number of nitrogens with zero attached hydrogens (tertiary/aromatic N) is 4. The number of aromatic nitrogens is 2. The van der Waals surface area contributed by atoms with Gasteiger partial charge in [-0.1, -0.05) is 0 Å². The van der Waals surface area contributed by atoms with Crippen molar-refractivity contribution >= 4 is 11.5 Å². The maximum absolute atomic E-state index is 5.95. The molecule has 96 valence electrons. The van der Waals surface area contributed by atoms with Crippen LogP contribution in [-0.4, -0.2) is 46.4 Å². The topological polar surface area (TPSA) is 50.3 Å². The first-order chi connectivity index (χ1) is 7.88. The molecule has 1 saturated heterocycles. The van der Waals surface area contributed by atoms with E-state index in [1.54, 1.807) is 4.68 Å². The molecule has 1 aromatic heterocycles. The van der Waals surface area contributed by atoms with Gasteiger partial charge in [0.1, 0.15) is 0 Å². The Morgan fingerprint density at radius 3 is 2.18 bits per heavy atom. The van der Waals surface area contributed by atoms with Crippen LogP contribution >= 0.6 is 0 Å². The standard InChI is InChI=1S/C12H23N5/c1-12(2,3)17-7-5-16(6-8-17)11-10(13)9-15(4)14-11/h9H,5-8,13H2,1-4H3. The summed E-state index contributed by atoms with van der Waals surface area (Å²) < 4.78 is 1.78. The van der Waals surface area contributed by atoms with Gasteiger partial charge in [-0.05, 0) is 20.8 Å². The first-order valence-electron chi connectivity index (χ1n) is 6.17. The Bertz CT molecular complexity index is 382. The summed E-state index contributed by atoms with van der Waals surface area (Å²) in [5.41, 5.74) is 6.98. The lowest BCUT2D eigenvalue weighted by Crippen LogP contribution is -2.53. The number of aryl methyl sites for hydroxylation is 1. The van der Waals surface area contributed by atoms with Crippen LogP contribution in [0.5, 0.6) is 0 Å². The van der Waals surface area contributed by atoms with Gasteiger partial charge in [0.15, 0.2) is 5.82 Å². The van der Waals surface area contributed by atoms with E-state index < -0.39 is 0 Å². The van der Waals surface area contributed by atoms with Crippen LogP contribution in [0.2, 0.25) is 0 Å². The molecule has 0 aliphatic carbocycles. The minimum atomic E-state index is 0.252. The largest absolute Gasteiger partial charge is 0.394 e. The van der Waals surface area contributed by atoms with Crippen LogP contribution in [-0.2, 0) is 7.05 Å². The third-order valence-electron chi connectivity index (χ3n) is 3.36. The highest BCUT2D eigenvalue weighted by atomic mass is 15.4. The summed E-state index contributed by atoms with van der Waals surface area (Å²) in [5, 5.41) is 4.42. The van der Waals surface area contributed by atoms with E-state index >= 15 is 0 Å². The Morgan fingerprint density at radius 2 is 1.76 bits per heavy atom. The zero-order chi connectivity index (χ0) is 12.6. The molecule has 5 nitrogen and oxygen atoms in total. The first-order valence-corrected chi connectivity index (χ1v) is 6.17. The number of anilines is 2. The smallest absolute Gasteiger partial charge is 0.173 e. The number of hydrogen-bond donors (Lipinski definition) is 1. The lowest BCUT2D eigenvalue weighted by molar-refractivity contribution is 0.128. The Kier molecular flexibility index (Phi) is 3.03. The van der Waals surface area contributed by atoms with Gasteiger partial charge in [0.05, 0.1) is 5.69 Å². The Balaban J connectivity index is 2.02. The molecule has 0 unspecified atom stereocenters. The number of rotatable bonds is 1. The van der Waals surface area contributed by atoms with E-state index in [4.69, 9.17) is 5.73 Å². The Hall–Kier alpha value is -1.23. The molecule has 1 aromatic rings. The number of hydrogen-bond acceptors (Lipinski definition) is 4. The average Bonchev–Trinajstić information content (AvgIpc) is 2.57. The zero-order valence-electron chi connectivity index (χ0n) is 11.3. The molecule has 0 amide bonds. The zero-order valence-corrected chi connectivity index (χ0v) is 11.3. The Labute approximate surface area is 103 Å². The maximum Gasteiger partial charge on any atom is 0.173 e. The average molecular weight is 237 g/mol. The minimum absolute atomic E-state index is 0.252. The van der Waals surface area contributed by atoms with Gasteiger partial charge < -0.3 is 10.6 Å². The normalized spacial score (nSPS) is 18.7. The molecule has 2 heterocycles. The third kappa shape index (κ3) is 2.54. The van der Waals surface area contributed by atoms with Crippen molar-refractivity contribution in [2.45, 2.75) is 26.3 Å². The monoisotopic (exact) mass is 237 g/mol. The van der Waals surface area contributed by atoms with Gasteiger partial charge in [-0.25, -0.2) is 0 Å². The van der Waals surface area contributed by atoms with E-state index in [9.17, 15) is 0 Å². The van der Waals surface area contributed by atoms with E-state index in [1.165, 1.54) is 0 Å². The lowest BCUT2D eigenvalue weighted by Gasteiger charge is -2.42. The van der Waals surface area contributed by atoms with Crippen molar-refractivity contribution in [3.05, 3.63) is 6.20 Å². The van der Waals surface area contributed by atoms with Crippen LogP contribution in [0, 0.1) is 0 Å². The third-order valence-corrected chi connectivity index (χ3v) is 3.36. The van der Waals surface area contributed by atoms with Crippen LogP contribution in [0.4, 0.5) is 11.5 Å². The molecule has 0 radical (unpaired) electrons. The second-order valence-electron chi connectivity index (χ2n) is 5.73. The van der Waals surface area contributed by atoms with Gasteiger partial charge in [0, 0.05) is 45.0 Å². The fraction of sp³-hybridized carbons (Fsp3) is 0.750. The molecular weight excluding hydrogens is 214 g/mol. The molecule has 17 heavy (non-hydrogen) atoms. The number of nitrogen functional groups attached to an aromatic ring is 1. The van der Waals surface area contributed by atoms with Gasteiger partial charge in [-0.2, -0.15) is 5.10 Å². The molecule has 1 aliphatic heterocycles. The summed E-state index contributed by atoms with van der Waals surface area (Å²) in [6.45, 7) is 10.9. The van der Waals surface area contributed by atoms with Crippen LogP contribution < -0.4 is 10.6 Å². The molecule has 0 saturated carbocycles. The van der Waals surface area contributed by atoms with Crippen LogP contribution in [0.15, 0.2) is 6.20 Å². The summed E-state index contributed by atoms with van der Waals surface area (Å²) in [5.74, 6) is 0.932. The molecule has 1 fully saturated rings. The lowest BCUT2D eigenvalue weighted by atomic mass is 10.1. The van der Waals surface area contributed by atoms with E-state index in [-0.39, 0.29) is 5.54 Å². The molecule has 2 N–H and O–H groups in total. The van der Waals surface area contributed by atoms with Crippen molar-refractivity contribution < 1.29 is 0 Å². The molecule has 0 atom stereocenters. The summed E-state index contributed by atoms with van der Waals surface area (Å²) in [4.78, 5) is 4.78. The predicted molar refractivity (Wildman–Crippen MR) is 71.2 cm³/mol. The van der Waals surface area contributed by atoms with Crippen molar-refractivity contribution in [2.75, 3.05) is 36.8 Å². The van der Waals surface area contributed by atoms with Gasteiger partial charge in [0.2, 0.25) is 0 Å². The van der Waals surface area contributed by atoms with Crippen molar-refractivity contribution in [1.29, 1.82) is 0 Å². The fourth-order valence-electron chi connectivity index (χ4n) is 2.33. The van der Waals surface area contributed by atoms with Gasteiger partial charge in [0.25, 0.3) is 0 Å². The molecular formula is C12H23N5. The molecule has 0 aromatic carbocycles. The summed E-state index contributed by atoms with van der Waals surface area (Å²) in [7, 11) is 1.91. The number of nitrogens with two attached hydrogens (primary N) is 1. The van der Waals surface area contributed by atoms with Crippen LogP contribution in [0.25, 0.3) is 0 Å². The van der Waals surface area contributed by atoms with Gasteiger partial charge >= 0.3 is 0 Å². The fourth-order valence-corrected chi connectivity index (χ4v) is 2.33. The maximum atomic E-state index is 5.95. The van der Waals surface area contributed by atoms with Crippen molar-refractivity contribution in [2.24, 2.45) is 7.05 Å². The number of piperazine rings is 1. The second kappa shape index (κ2) is 4.22. The quantitative estimate of drug-likeness (QED) is 0.789. The molecule has 5 heteroatoms. The van der Waals surface area contributed by atoms with E-state index in [1.807, 2.05) is 13.2 Å². The highest BCUT2D eigenvalue weighted by molar-refractivity contribution is 5.61. The van der Waals surface area contributed by atoms with Crippen molar-refractivity contribution in [3.8, 4) is 0 Å². The second-order valence-corrected chi connectivity index (χ2v) is 5.73. The molecule has 1 aliphatic rings. The SMILES string of the molecule is Cn1cc(N)c(N2CCN(C(C)(C)C)CC2)n1. The minimum Gasteiger partial charge on any atom is -0.394 e. The van der Waals surface area contributed by atoms with E-state index in [2.05, 4.69) is 35.7 Å². The summed E-state index contributed by atoms with van der Waals surface area (Å²) in [6.07, 6.45) is 1.87. The van der Waals surface area contributed by atoms with E-state index in [0.717, 1.165) is 37.7 Å². The van der Waals surface area contributed by atoms with Gasteiger partial charge in [-0.15, -0.1) is 0 Å². The molecule has 2 rings (SSSR count). The van der Waals surface area contributed by atoms with Crippen molar-refractivity contribution in [3.63, 3.8) is 0 Å². The predicted octanol–water partition coefficient (Wildman–Crippen LogP) is 0.923. The van der Waals surface area contributed by atoms with E-state index in [0.29, 0.717) is 0 Å². The van der Waals surface area contributed by atoms with Crippen LogP contribution in [0.1, 0.15) is 20.8 Å².